The lowest BCUT2D eigenvalue weighted by Gasteiger charge is -2.39. The average Bonchev–Trinajstić information content (AvgIpc) is 2.74. The van der Waals surface area contributed by atoms with E-state index in [2.05, 4.69) is 0 Å². The van der Waals surface area contributed by atoms with Crippen LogP contribution in [0.3, 0.4) is 0 Å². The molecule has 1 saturated heterocycles. The molecule has 11 heteroatoms. The Labute approximate surface area is 181 Å². The summed E-state index contributed by atoms with van der Waals surface area (Å²) in [5.41, 5.74) is 0.358. The first kappa shape index (κ1) is 22.1. The second-order valence-electron chi connectivity index (χ2n) is 7.61. The lowest BCUT2D eigenvalue weighted by Crippen LogP contribution is -2.60. The fourth-order valence-electron chi connectivity index (χ4n) is 3.74. The van der Waals surface area contributed by atoms with Crippen molar-refractivity contribution >= 4 is 5.78 Å². The Kier molecular flexibility index (Phi) is 5.84. The highest BCUT2D eigenvalue weighted by Crippen LogP contribution is 2.43. The number of ether oxygens (including phenoxy) is 3. The molecular formula is C21H22O11. The standard InChI is InChI=1S/C21H22O11/c22-7-16-18(27)19(28)20(29)21(32-16)31-13-2-1-8(3-10(13)24)14-6-12(26)17-11(25)4-9(23)5-15(17)30-14/h1-5,14,16,18-25,27-29H,6-7H2/t14?,16-,18+,19+,20+,21-/m1/s1. The van der Waals surface area contributed by atoms with Gasteiger partial charge in [0.25, 0.3) is 0 Å². The minimum Gasteiger partial charge on any atom is -0.508 e. The summed E-state index contributed by atoms with van der Waals surface area (Å²) in [5, 5.41) is 68.9. The van der Waals surface area contributed by atoms with Gasteiger partial charge in [-0.05, 0) is 17.7 Å². The number of aromatic hydroxyl groups is 3. The van der Waals surface area contributed by atoms with Crippen molar-refractivity contribution in [3.63, 3.8) is 0 Å². The first-order valence-corrected chi connectivity index (χ1v) is 9.75. The average molecular weight is 450 g/mol. The van der Waals surface area contributed by atoms with Crippen LogP contribution in [0.5, 0.6) is 28.7 Å². The van der Waals surface area contributed by atoms with E-state index in [-0.39, 0.29) is 35.0 Å². The lowest BCUT2D eigenvalue weighted by atomic mass is 9.95. The Morgan fingerprint density at radius 2 is 1.72 bits per heavy atom. The Morgan fingerprint density at radius 1 is 0.969 bits per heavy atom. The van der Waals surface area contributed by atoms with Gasteiger partial charge in [0.1, 0.15) is 53.3 Å². The predicted octanol–water partition coefficient (Wildman–Crippen LogP) is -0.311. The van der Waals surface area contributed by atoms with E-state index in [1.807, 2.05) is 0 Å². The summed E-state index contributed by atoms with van der Waals surface area (Å²) in [6.07, 6.45) is -8.43. The number of hydrogen-bond acceptors (Lipinski definition) is 11. The van der Waals surface area contributed by atoms with Crippen molar-refractivity contribution in [1.29, 1.82) is 0 Å². The minimum atomic E-state index is -1.65. The largest absolute Gasteiger partial charge is 0.508 e. The van der Waals surface area contributed by atoms with Crippen LogP contribution in [-0.4, -0.2) is 78.8 Å². The molecule has 7 N–H and O–H groups in total. The molecule has 32 heavy (non-hydrogen) atoms. The van der Waals surface area contributed by atoms with Crippen LogP contribution in [0.1, 0.15) is 28.4 Å². The van der Waals surface area contributed by atoms with E-state index in [0.29, 0.717) is 5.56 Å². The number of phenols is 3. The van der Waals surface area contributed by atoms with Crippen molar-refractivity contribution in [1.82, 2.24) is 0 Å². The van der Waals surface area contributed by atoms with Gasteiger partial charge in [0, 0.05) is 12.1 Å². The zero-order valence-corrected chi connectivity index (χ0v) is 16.5. The number of carbonyl (C=O) groups excluding carboxylic acids is 1. The second-order valence-corrected chi connectivity index (χ2v) is 7.61. The number of benzene rings is 2. The van der Waals surface area contributed by atoms with E-state index in [1.54, 1.807) is 0 Å². The summed E-state index contributed by atoms with van der Waals surface area (Å²) in [4.78, 5) is 12.5. The zero-order valence-electron chi connectivity index (χ0n) is 16.5. The van der Waals surface area contributed by atoms with Gasteiger partial charge in [0.05, 0.1) is 13.0 Å². The van der Waals surface area contributed by atoms with E-state index in [4.69, 9.17) is 14.2 Å². The van der Waals surface area contributed by atoms with Crippen molar-refractivity contribution in [2.75, 3.05) is 6.61 Å². The van der Waals surface area contributed by atoms with Gasteiger partial charge in [-0.3, -0.25) is 4.79 Å². The summed E-state index contributed by atoms with van der Waals surface area (Å²) < 4.78 is 16.4. The van der Waals surface area contributed by atoms with E-state index < -0.39 is 54.9 Å². The molecule has 2 aromatic rings. The summed E-state index contributed by atoms with van der Waals surface area (Å²) in [6, 6.07) is 6.33. The molecule has 2 heterocycles. The molecule has 0 radical (unpaired) electrons. The molecule has 4 rings (SSSR count). The second kappa shape index (κ2) is 8.45. The predicted molar refractivity (Wildman–Crippen MR) is 105 cm³/mol. The van der Waals surface area contributed by atoms with Gasteiger partial charge in [0.15, 0.2) is 17.3 Å². The number of phenolic OH excluding ortho intramolecular Hbond substituents is 3. The first-order valence-electron chi connectivity index (χ1n) is 9.75. The highest BCUT2D eigenvalue weighted by atomic mass is 16.7. The van der Waals surface area contributed by atoms with Gasteiger partial charge in [-0.25, -0.2) is 0 Å². The molecule has 11 nitrogen and oxygen atoms in total. The highest BCUT2D eigenvalue weighted by Gasteiger charge is 2.45. The number of fused-ring (bicyclic) bond motifs is 1. The molecule has 0 spiro atoms. The van der Waals surface area contributed by atoms with Gasteiger partial charge in [0.2, 0.25) is 6.29 Å². The third-order valence-corrected chi connectivity index (χ3v) is 5.43. The molecule has 0 aromatic heterocycles. The number of rotatable bonds is 4. The van der Waals surface area contributed by atoms with Crippen LogP contribution in [0.4, 0.5) is 0 Å². The molecule has 6 atom stereocenters. The molecule has 0 bridgehead atoms. The molecule has 2 aromatic carbocycles. The normalized spacial score (nSPS) is 29.8. The number of Topliss-reactive ketones (excluding diaryl/α,β-unsaturated/α-hetero) is 1. The SMILES string of the molecule is O=C1CC(c2ccc(O[C@@H]3O[C@H](CO)[C@H](O)[C@H](O)[C@@H]3O)c(O)c2)Oc2cc(O)cc(O)c21. The van der Waals surface area contributed by atoms with Gasteiger partial charge in [-0.15, -0.1) is 0 Å². The smallest absolute Gasteiger partial charge is 0.229 e. The van der Waals surface area contributed by atoms with Crippen molar-refractivity contribution in [2.24, 2.45) is 0 Å². The summed E-state index contributed by atoms with van der Waals surface area (Å²) in [7, 11) is 0. The van der Waals surface area contributed by atoms with E-state index in [0.717, 1.165) is 6.07 Å². The maximum Gasteiger partial charge on any atom is 0.229 e. The molecular weight excluding hydrogens is 428 g/mol. The van der Waals surface area contributed by atoms with Gasteiger partial charge < -0.3 is 50.0 Å². The van der Waals surface area contributed by atoms with E-state index in [9.17, 15) is 40.5 Å². The molecule has 1 unspecified atom stereocenters. The maximum absolute atomic E-state index is 12.5. The Hall–Kier alpha value is -3.09. The van der Waals surface area contributed by atoms with Crippen LogP contribution >= 0.6 is 0 Å². The topological polar surface area (TPSA) is 186 Å². The number of ketones is 1. The van der Waals surface area contributed by atoms with Crippen molar-refractivity contribution in [2.45, 2.75) is 43.2 Å². The fraction of sp³-hybridized carbons (Fsp3) is 0.381. The summed E-state index contributed by atoms with van der Waals surface area (Å²) in [5.74, 6) is -1.59. The lowest BCUT2D eigenvalue weighted by molar-refractivity contribution is -0.277. The van der Waals surface area contributed by atoms with E-state index >= 15 is 0 Å². The molecule has 1 fully saturated rings. The molecule has 2 aliphatic rings. The summed E-state index contributed by atoms with van der Waals surface area (Å²) in [6.45, 7) is -0.630. The number of aliphatic hydroxyl groups is 4. The third kappa shape index (κ3) is 3.92. The van der Waals surface area contributed by atoms with E-state index in [1.165, 1.54) is 24.3 Å². The van der Waals surface area contributed by atoms with Crippen LogP contribution in [0.15, 0.2) is 30.3 Å². The molecule has 172 valence electrons. The zero-order chi connectivity index (χ0) is 23.2. The summed E-state index contributed by atoms with van der Waals surface area (Å²) >= 11 is 0. The van der Waals surface area contributed by atoms with Crippen LogP contribution in [0, 0.1) is 0 Å². The molecule has 0 saturated carbocycles. The van der Waals surface area contributed by atoms with Crippen LogP contribution in [0.2, 0.25) is 0 Å². The number of aliphatic hydroxyl groups excluding tert-OH is 4. The van der Waals surface area contributed by atoms with Gasteiger partial charge in [-0.2, -0.15) is 0 Å². The quantitative estimate of drug-likeness (QED) is 0.324. The monoisotopic (exact) mass is 450 g/mol. The number of hydrogen-bond donors (Lipinski definition) is 7. The molecule has 0 amide bonds. The minimum absolute atomic E-state index is 0.00452. The highest BCUT2D eigenvalue weighted by molar-refractivity contribution is 6.02. The molecule has 2 aliphatic heterocycles. The van der Waals surface area contributed by atoms with Crippen LogP contribution in [0.25, 0.3) is 0 Å². The van der Waals surface area contributed by atoms with Crippen molar-refractivity contribution in [3.05, 3.63) is 41.5 Å². The third-order valence-electron chi connectivity index (χ3n) is 5.43. The first-order chi connectivity index (χ1) is 15.2. The van der Waals surface area contributed by atoms with Crippen molar-refractivity contribution in [3.8, 4) is 28.7 Å². The Bertz CT molecular complexity index is 1020. The Balaban J connectivity index is 1.53. The van der Waals surface area contributed by atoms with Crippen LogP contribution in [-0.2, 0) is 4.74 Å². The van der Waals surface area contributed by atoms with Crippen molar-refractivity contribution < 1.29 is 54.8 Å². The van der Waals surface area contributed by atoms with Crippen LogP contribution < -0.4 is 9.47 Å². The fourth-order valence-corrected chi connectivity index (χ4v) is 3.74. The maximum atomic E-state index is 12.5. The Morgan fingerprint density at radius 3 is 2.41 bits per heavy atom. The number of carbonyl (C=O) groups is 1. The molecule has 0 aliphatic carbocycles. The van der Waals surface area contributed by atoms with Gasteiger partial charge in [-0.1, -0.05) is 6.07 Å². The van der Waals surface area contributed by atoms with Gasteiger partial charge >= 0.3 is 0 Å².